The quantitative estimate of drug-likeness (QED) is 0.707. The van der Waals surface area contributed by atoms with Crippen LogP contribution in [-0.2, 0) is 6.42 Å². The maximum atomic E-state index is 12.5. The lowest BCUT2D eigenvalue weighted by atomic mass is 10.0. The first kappa shape index (κ1) is 17.5. The largest absolute Gasteiger partial charge is 0.478 e. The zero-order chi connectivity index (χ0) is 17.9. The number of hydrogen-bond donors (Lipinski definition) is 3. The molecule has 0 aliphatic rings. The number of carboxylic acids is 1. The molecule has 0 aliphatic heterocycles. The lowest BCUT2D eigenvalue weighted by Gasteiger charge is -2.07. The van der Waals surface area contributed by atoms with E-state index in [4.69, 9.17) is 5.11 Å². The zero-order valence-corrected chi connectivity index (χ0v) is 13.9. The summed E-state index contributed by atoms with van der Waals surface area (Å²) in [4.78, 5) is 38.3. The van der Waals surface area contributed by atoms with Crippen LogP contribution in [0, 0.1) is 6.92 Å². The van der Waals surface area contributed by atoms with Crippen molar-refractivity contribution in [3.8, 4) is 0 Å². The molecule has 0 radical (unpaired) electrons. The molecule has 2 aromatic rings. The highest BCUT2D eigenvalue weighted by molar-refractivity contribution is 6.07. The average molecular weight is 328 g/mol. The van der Waals surface area contributed by atoms with E-state index in [1.807, 2.05) is 6.92 Å². The molecule has 1 aromatic heterocycles. The van der Waals surface area contributed by atoms with Crippen molar-refractivity contribution in [2.75, 3.05) is 5.32 Å². The van der Waals surface area contributed by atoms with Crippen LogP contribution in [0.25, 0.3) is 0 Å². The van der Waals surface area contributed by atoms with E-state index in [1.165, 1.54) is 31.2 Å². The number of aromatic carboxylic acids is 1. The number of H-pyrrole nitrogens is 1. The first-order chi connectivity index (χ1) is 11.3. The Kier molecular flexibility index (Phi) is 5.18. The fourth-order valence-corrected chi connectivity index (χ4v) is 2.74. The zero-order valence-electron chi connectivity index (χ0n) is 13.9. The maximum absolute atomic E-state index is 12.5. The summed E-state index contributed by atoms with van der Waals surface area (Å²) in [6.07, 6.45) is 1.44. The van der Waals surface area contributed by atoms with Gasteiger partial charge in [0.2, 0.25) is 0 Å². The van der Waals surface area contributed by atoms with Gasteiger partial charge in [-0.05, 0) is 50.1 Å². The van der Waals surface area contributed by atoms with E-state index >= 15 is 0 Å². The van der Waals surface area contributed by atoms with Gasteiger partial charge in [0, 0.05) is 16.9 Å². The van der Waals surface area contributed by atoms with Gasteiger partial charge in [0.05, 0.1) is 5.56 Å². The summed E-state index contributed by atoms with van der Waals surface area (Å²) in [6, 6.07) is 5.91. The molecule has 1 heterocycles. The van der Waals surface area contributed by atoms with E-state index < -0.39 is 5.97 Å². The van der Waals surface area contributed by atoms with Gasteiger partial charge in [-0.25, -0.2) is 4.79 Å². The van der Waals surface area contributed by atoms with Crippen LogP contribution in [0.5, 0.6) is 0 Å². The minimum atomic E-state index is -1.02. The van der Waals surface area contributed by atoms with E-state index in [9.17, 15) is 14.4 Å². The molecule has 0 saturated carbocycles. The van der Waals surface area contributed by atoms with Crippen LogP contribution in [0.4, 0.5) is 5.69 Å². The predicted molar refractivity (Wildman–Crippen MR) is 90.9 cm³/mol. The number of aryl methyl sites for hydroxylation is 1. The molecule has 0 bridgehead atoms. The van der Waals surface area contributed by atoms with Crippen molar-refractivity contribution >= 4 is 23.3 Å². The molecule has 126 valence electrons. The van der Waals surface area contributed by atoms with Crippen molar-refractivity contribution in [2.24, 2.45) is 0 Å². The molecular weight excluding hydrogens is 308 g/mol. The molecule has 0 aliphatic carbocycles. The highest BCUT2D eigenvalue weighted by Gasteiger charge is 2.22. The summed E-state index contributed by atoms with van der Waals surface area (Å²) in [5.41, 5.74) is 2.99. The number of rotatable bonds is 6. The van der Waals surface area contributed by atoms with Crippen molar-refractivity contribution in [3.63, 3.8) is 0 Å². The molecule has 0 atom stereocenters. The molecule has 6 heteroatoms. The van der Waals surface area contributed by atoms with E-state index in [0.717, 1.165) is 12.0 Å². The molecule has 0 unspecified atom stereocenters. The summed E-state index contributed by atoms with van der Waals surface area (Å²) < 4.78 is 0. The Morgan fingerprint density at radius 3 is 2.29 bits per heavy atom. The average Bonchev–Trinajstić information content (AvgIpc) is 2.85. The Morgan fingerprint density at radius 1 is 1.17 bits per heavy atom. The number of amides is 1. The van der Waals surface area contributed by atoms with Gasteiger partial charge in [0.1, 0.15) is 5.69 Å². The third-order valence-corrected chi connectivity index (χ3v) is 3.76. The van der Waals surface area contributed by atoms with Crippen LogP contribution < -0.4 is 5.32 Å². The molecule has 0 fully saturated rings. The molecule has 1 amide bonds. The number of carboxylic acid groups (broad SMARTS) is 1. The predicted octanol–water partition coefficient (Wildman–Crippen LogP) is 3.43. The lowest BCUT2D eigenvalue weighted by Crippen LogP contribution is -2.15. The number of hydrogen-bond acceptors (Lipinski definition) is 3. The Hall–Kier alpha value is -2.89. The normalized spacial score (nSPS) is 10.5. The molecule has 24 heavy (non-hydrogen) atoms. The van der Waals surface area contributed by atoms with E-state index in [-0.39, 0.29) is 17.3 Å². The van der Waals surface area contributed by atoms with Gasteiger partial charge in [-0.2, -0.15) is 0 Å². The number of nitrogens with one attached hydrogen (secondary N) is 2. The SMILES string of the molecule is CCCc1c(C(=O)Nc2ccc(C(=O)O)cc2)[nH]c(C)c1C(C)=O. The molecule has 2 rings (SSSR count). The second kappa shape index (κ2) is 7.12. The van der Waals surface area contributed by atoms with Crippen LogP contribution in [0.3, 0.4) is 0 Å². The Balaban J connectivity index is 2.30. The standard InChI is InChI=1S/C18H20N2O4/c1-4-5-14-15(11(3)21)10(2)19-16(14)17(22)20-13-8-6-12(7-9-13)18(23)24/h6-9,19H,4-5H2,1-3H3,(H,20,22)(H,23,24). The summed E-state index contributed by atoms with van der Waals surface area (Å²) in [5, 5.41) is 11.6. The first-order valence-corrected chi connectivity index (χ1v) is 7.72. The van der Waals surface area contributed by atoms with Gasteiger partial charge in [0.15, 0.2) is 5.78 Å². The fourth-order valence-electron chi connectivity index (χ4n) is 2.74. The van der Waals surface area contributed by atoms with Gasteiger partial charge < -0.3 is 15.4 Å². The van der Waals surface area contributed by atoms with Gasteiger partial charge in [-0.3, -0.25) is 9.59 Å². The van der Waals surface area contributed by atoms with Crippen LogP contribution in [-0.4, -0.2) is 27.8 Å². The Labute approximate surface area is 139 Å². The van der Waals surface area contributed by atoms with Crippen LogP contribution in [0.1, 0.15) is 62.7 Å². The Morgan fingerprint density at radius 2 is 1.79 bits per heavy atom. The van der Waals surface area contributed by atoms with Crippen molar-refractivity contribution in [3.05, 3.63) is 52.3 Å². The van der Waals surface area contributed by atoms with Crippen LogP contribution >= 0.6 is 0 Å². The van der Waals surface area contributed by atoms with E-state index in [2.05, 4.69) is 10.3 Å². The highest BCUT2D eigenvalue weighted by Crippen LogP contribution is 2.22. The topological polar surface area (TPSA) is 99.3 Å². The van der Waals surface area contributed by atoms with Crippen molar-refractivity contribution in [1.29, 1.82) is 0 Å². The second-order valence-corrected chi connectivity index (χ2v) is 5.62. The number of aromatic amines is 1. The number of anilines is 1. The number of carbonyl (C=O) groups excluding carboxylic acids is 2. The third kappa shape index (κ3) is 3.53. The maximum Gasteiger partial charge on any atom is 0.335 e. The number of ketones is 1. The van der Waals surface area contributed by atoms with Gasteiger partial charge >= 0.3 is 5.97 Å². The molecule has 1 aromatic carbocycles. The minimum Gasteiger partial charge on any atom is -0.478 e. The summed E-state index contributed by atoms with van der Waals surface area (Å²) in [7, 11) is 0. The lowest BCUT2D eigenvalue weighted by molar-refractivity contribution is 0.0696. The Bertz CT molecular complexity index is 788. The summed E-state index contributed by atoms with van der Waals surface area (Å²) >= 11 is 0. The van der Waals surface area contributed by atoms with Crippen LogP contribution in [0.15, 0.2) is 24.3 Å². The van der Waals surface area contributed by atoms with Gasteiger partial charge in [-0.1, -0.05) is 13.3 Å². The molecule has 6 nitrogen and oxygen atoms in total. The van der Waals surface area contributed by atoms with E-state index in [1.54, 1.807) is 6.92 Å². The molecule has 0 saturated heterocycles. The molecule has 0 spiro atoms. The number of carbonyl (C=O) groups is 3. The monoisotopic (exact) mass is 328 g/mol. The summed E-state index contributed by atoms with van der Waals surface area (Å²) in [5.74, 6) is -1.45. The minimum absolute atomic E-state index is 0.0722. The number of benzene rings is 1. The smallest absolute Gasteiger partial charge is 0.335 e. The molecular formula is C18H20N2O4. The van der Waals surface area contributed by atoms with Gasteiger partial charge in [-0.15, -0.1) is 0 Å². The number of aromatic nitrogens is 1. The highest BCUT2D eigenvalue weighted by atomic mass is 16.4. The van der Waals surface area contributed by atoms with E-state index in [0.29, 0.717) is 29.1 Å². The van der Waals surface area contributed by atoms with Crippen LogP contribution in [0.2, 0.25) is 0 Å². The van der Waals surface area contributed by atoms with Crippen molar-refractivity contribution < 1.29 is 19.5 Å². The first-order valence-electron chi connectivity index (χ1n) is 7.72. The molecule has 3 N–H and O–H groups in total. The fraction of sp³-hybridized carbons (Fsp3) is 0.278. The summed E-state index contributed by atoms with van der Waals surface area (Å²) in [6.45, 7) is 5.24. The van der Waals surface area contributed by atoms with Crippen molar-refractivity contribution in [2.45, 2.75) is 33.6 Å². The third-order valence-electron chi connectivity index (χ3n) is 3.76. The second-order valence-electron chi connectivity index (χ2n) is 5.62. The van der Waals surface area contributed by atoms with Crippen molar-refractivity contribution in [1.82, 2.24) is 4.98 Å². The van der Waals surface area contributed by atoms with Gasteiger partial charge in [0.25, 0.3) is 5.91 Å². The number of Topliss-reactive ketones (excluding diaryl/α,β-unsaturated/α-hetero) is 1.